The third kappa shape index (κ3) is 58.2. The molecule has 9 nitrogen and oxygen atoms in total. The Morgan fingerprint density at radius 2 is 0.792 bits per heavy atom. The van der Waals surface area contributed by atoms with Gasteiger partial charge in [0, 0.05) is 12.8 Å². The highest BCUT2D eigenvalue weighted by atomic mass is 31.2. The van der Waals surface area contributed by atoms with Gasteiger partial charge < -0.3 is 28.5 Å². The number of hydrogen-bond acceptors (Lipinski definition) is 7. The molecule has 0 fully saturated rings. The number of carbonyl (C=O) groups excluding carboxylic acids is 2. The lowest BCUT2D eigenvalue weighted by Gasteiger charge is -2.30. The Hall–Kier alpha value is -2.29. The predicted molar refractivity (Wildman–Crippen MR) is 330 cm³/mol. The largest absolute Gasteiger partial charge is 0.756 e. The number of phosphoric acid groups is 1. The van der Waals surface area contributed by atoms with Gasteiger partial charge in [0.15, 0.2) is 0 Å². The number of quaternary nitrogens is 1. The molecule has 0 aromatic carbocycles. The summed E-state index contributed by atoms with van der Waals surface area (Å²) in [5, 5.41) is 3.03. The zero-order valence-electron chi connectivity index (χ0n) is 51.4. The molecule has 0 aromatic rings. The minimum Gasteiger partial charge on any atom is -0.756 e. The van der Waals surface area contributed by atoms with Gasteiger partial charge in [0.1, 0.15) is 19.3 Å². The van der Waals surface area contributed by atoms with Crippen LogP contribution in [0.4, 0.5) is 0 Å². The first-order valence-corrected chi connectivity index (χ1v) is 34.1. The summed E-state index contributed by atoms with van der Waals surface area (Å²) in [4.78, 5) is 40.0. The van der Waals surface area contributed by atoms with Gasteiger partial charge in [-0.25, -0.2) is 0 Å². The van der Waals surface area contributed by atoms with Crippen LogP contribution in [0.3, 0.4) is 0 Å². The topological polar surface area (TPSA) is 114 Å². The molecule has 0 bridgehead atoms. The van der Waals surface area contributed by atoms with Crippen LogP contribution in [0.15, 0.2) is 60.8 Å². The number of hydrogen-bond donors (Lipinski definition) is 1. The van der Waals surface area contributed by atoms with Gasteiger partial charge in [0.2, 0.25) is 5.91 Å². The lowest BCUT2D eigenvalue weighted by atomic mass is 10.0. The minimum absolute atomic E-state index is 0.0237. The molecule has 1 amide bonds. The van der Waals surface area contributed by atoms with E-state index in [-0.39, 0.29) is 31.5 Å². The molecule has 77 heavy (non-hydrogen) atoms. The average Bonchev–Trinajstić information content (AvgIpc) is 3.39. The lowest BCUT2D eigenvalue weighted by Crippen LogP contribution is -2.47. The molecule has 0 saturated heterocycles. The van der Waals surface area contributed by atoms with Crippen LogP contribution in [-0.2, 0) is 27.9 Å². The van der Waals surface area contributed by atoms with E-state index in [2.05, 4.69) is 74.7 Å². The van der Waals surface area contributed by atoms with Gasteiger partial charge in [-0.2, -0.15) is 0 Å². The van der Waals surface area contributed by atoms with Crippen LogP contribution in [0.2, 0.25) is 0 Å². The Bertz CT molecular complexity index is 1500. The number of esters is 1. The van der Waals surface area contributed by atoms with Crippen LogP contribution in [-0.4, -0.2) is 69.4 Å². The molecule has 0 heterocycles. The van der Waals surface area contributed by atoms with Crippen molar-refractivity contribution in [3.8, 4) is 0 Å². The van der Waals surface area contributed by atoms with E-state index in [0.29, 0.717) is 17.4 Å². The molecule has 0 aromatic heterocycles. The standard InChI is InChI=1S/C67H125N2O7P/c1-7-10-13-16-19-22-25-27-29-30-31-32-33-34-35-36-37-38-40-41-44-47-50-53-56-59-66(70)68-64(63-75-77(72,73)74-62-61-69(4,5)6)65(58-55-52-49-46-43-24-21-18-15-12-9-3)76-67(71)60-57-54-51-48-45-42-39-28-26-23-20-17-14-11-8-2/h19,22-23,26-27,29,31-32,55,58,64-65H,7-18,20-21,24-25,28,30,33-54,56-57,59-63H2,1-6H3,(H-,68,70,72,73)/b22-19-,26-23-,29-27-,32-31-,58-55-. The van der Waals surface area contributed by atoms with Crippen LogP contribution in [0.25, 0.3) is 0 Å². The fraction of sp³-hybridized carbons (Fsp3) is 0.821. The predicted octanol–water partition coefficient (Wildman–Crippen LogP) is 19.6. The second-order valence-corrected chi connectivity index (χ2v) is 24.7. The Morgan fingerprint density at radius 1 is 0.455 bits per heavy atom. The van der Waals surface area contributed by atoms with Crippen LogP contribution in [0.5, 0.6) is 0 Å². The molecule has 0 rings (SSSR count). The van der Waals surface area contributed by atoms with Crippen LogP contribution in [0, 0.1) is 0 Å². The minimum atomic E-state index is -4.70. The third-order valence-electron chi connectivity index (χ3n) is 14.4. The molecule has 0 aliphatic carbocycles. The number of phosphoric ester groups is 1. The number of carbonyl (C=O) groups is 2. The Kier molecular flexibility index (Phi) is 55.3. The van der Waals surface area contributed by atoms with E-state index in [9.17, 15) is 19.0 Å². The summed E-state index contributed by atoms with van der Waals surface area (Å²) in [6.45, 7) is 6.81. The maximum Gasteiger partial charge on any atom is 0.306 e. The maximum atomic E-state index is 13.5. The number of likely N-dealkylation sites (N-methyl/N-ethyl adjacent to an activating group) is 1. The monoisotopic (exact) mass is 1100 g/mol. The Labute approximate surface area is 477 Å². The molecule has 450 valence electrons. The molecule has 0 aliphatic heterocycles. The molecule has 1 N–H and O–H groups in total. The van der Waals surface area contributed by atoms with E-state index in [1.807, 2.05) is 33.3 Å². The van der Waals surface area contributed by atoms with Crippen molar-refractivity contribution in [2.24, 2.45) is 0 Å². The highest BCUT2D eigenvalue weighted by Gasteiger charge is 2.27. The quantitative estimate of drug-likeness (QED) is 0.0212. The number of nitrogens with zero attached hydrogens (tertiary/aromatic N) is 1. The van der Waals surface area contributed by atoms with Gasteiger partial charge >= 0.3 is 5.97 Å². The zero-order valence-corrected chi connectivity index (χ0v) is 52.3. The van der Waals surface area contributed by atoms with Gasteiger partial charge in [-0.3, -0.25) is 14.2 Å². The Morgan fingerprint density at radius 3 is 1.23 bits per heavy atom. The smallest absolute Gasteiger partial charge is 0.306 e. The van der Waals surface area contributed by atoms with Crippen LogP contribution < -0.4 is 10.2 Å². The van der Waals surface area contributed by atoms with Crippen molar-refractivity contribution >= 4 is 19.7 Å². The SMILES string of the molecule is CCCCC/C=C\C/C=C\C/C=C\CCCCCCCCCCCCCCC(=O)NC(COP(=O)([O-])OCC[N+](C)(C)C)C(/C=C\CCCCCCCCCCC)OC(=O)CCCCCCCCC/C=C\CCCCCC. The summed E-state index contributed by atoms with van der Waals surface area (Å²) >= 11 is 0. The van der Waals surface area contributed by atoms with Crippen molar-refractivity contribution in [2.45, 2.75) is 315 Å². The molecule has 0 spiro atoms. The van der Waals surface area contributed by atoms with Crippen molar-refractivity contribution in [3.05, 3.63) is 60.8 Å². The van der Waals surface area contributed by atoms with Crippen molar-refractivity contribution in [1.82, 2.24) is 5.32 Å². The molecule has 0 saturated carbocycles. The summed E-state index contributed by atoms with van der Waals surface area (Å²) in [6.07, 6.45) is 71.9. The first kappa shape index (κ1) is 74.7. The second kappa shape index (κ2) is 57.0. The molecule has 10 heteroatoms. The fourth-order valence-electron chi connectivity index (χ4n) is 9.35. The summed E-state index contributed by atoms with van der Waals surface area (Å²) in [6, 6.07) is -0.891. The highest BCUT2D eigenvalue weighted by Crippen LogP contribution is 2.38. The number of ether oxygens (including phenoxy) is 1. The summed E-state index contributed by atoms with van der Waals surface area (Å²) in [5.41, 5.74) is 0. The van der Waals surface area contributed by atoms with Gasteiger partial charge in [-0.05, 0) is 96.0 Å². The van der Waals surface area contributed by atoms with E-state index in [1.165, 1.54) is 186 Å². The maximum absolute atomic E-state index is 13.5. The summed E-state index contributed by atoms with van der Waals surface area (Å²) < 4.78 is 30.3. The van der Waals surface area contributed by atoms with E-state index >= 15 is 0 Å². The number of rotatable bonds is 59. The van der Waals surface area contributed by atoms with E-state index in [4.69, 9.17) is 13.8 Å². The van der Waals surface area contributed by atoms with Gasteiger partial charge in [0.25, 0.3) is 7.82 Å². The van der Waals surface area contributed by atoms with E-state index in [0.717, 1.165) is 83.5 Å². The van der Waals surface area contributed by atoms with Crippen LogP contribution in [0.1, 0.15) is 303 Å². The average molecular weight is 1100 g/mol. The van der Waals surface area contributed by atoms with E-state index < -0.39 is 20.0 Å². The lowest BCUT2D eigenvalue weighted by molar-refractivity contribution is -0.870. The molecule has 3 atom stereocenters. The highest BCUT2D eigenvalue weighted by molar-refractivity contribution is 7.45. The number of nitrogens with one attached hydrogen (secondary N) is 1. The molecular formula is C67H125N2O7P. The molecule has 3 unspecified atom stereocenters. The molecule has 0 aliphatic rings. The van der Waals surface area contributed by atoms with Gasteiger partial charge in [-0.15, -0.1) is 0 Å². The molecule has 0 radical (unpaired) electrons. The van der Waals surface area contributed by atoms with Crippen molar-refractivity contribution in [2.75, 3.05) is 40.9 Å². The van der Waals surface area contributed by atoms with E-state index in [1.54, 1.807) is 0 Å². The normalized spacial score (nSPS) is 14.0. The number of allylic oxidation sites excluding steroid dienone is 9. The van der Waals surface area contributed by atoms with Crippen molar-refractivity contribution in [3.63, 3.8) is 0 Å². The first-order chi connectivity index (χ1) is 37.4. The van der Waals surface area contributed by atoms with Gasteiger partial charge in [-0.1, -0.05) is 255 Å². The summed E-state index contributed by atoms with van der Waals surface area (Å²) in [5.74, 6) is -0.542. The second-order valence-electron chi connectivity index (χ2n) is 23.3. The van der Waals surface area contributed by atoms with Crippen molar-refractivity contribution < 1.29 is 37.3 Å². The first-order valence-electron chi connectivity index (χ1n) is 32.6. The molecular weight excluding hydrogens is 976 g/mol. The van der Waals surface area contributed by atoms with Gasteiger partial charge in [0.05, 0.1) is 33.8 Å². The third-order valence-corrected chi connectivity index (χ3v) is 15.4. The zero-order chi connectivity index (χ0) is 56.4. The summed E-state index contributed by atoms with van der Waals surface area (Å²) in [7, 11) is 1.18. The van der Waals surface area contributed by atoms with Crippen molar-refractivity contribution in [1.29, 1.82) is 0 Å². The number of amides is 1. The van der Waals surface area contributed by atoms with Crippen LogP contribution >= 0.6 is 7.82 Å². The Balaban J connectivity index is 5.07. The number of unbranched alkanes of at least 4 members (excludes halogenated alkanes) is 35. The fourth-order valence-corrected chi connectivity index (χ4v) is 10.1.